The average molecular weight is 856 g/mol. The standard InChI is InChI=1S/C55H101NO5/c1-4-7-10-13-16-18-20-22-24-26-27-28-30-32-34-36-39-42-45-48-55(60)61-51(46-43-40-37-15-12-9-6-3)49-54(59)56-52(50-57)53(58)47-44-41-38-35-33-31-29-25-23-21-19-17-14-11-8-5-2/h16,18,22,24,27-28,32,34,51-53,57-58H,4-15,17,19-21,23,25-26,29-31,33,35-50H2,1-3H3,(H,56,59)/b18-16-,24-22-,28-27-,34-32-. The van der Waals surface area contributed by atoms with Gasteiger partial charge in [0.05, 0.1) is 25.2 Å². The van der Waals surface area contributed by atoms with Crippen molar-refractivity contribution >= 4 is 11.9 Å². The number of aliphatic hydroxyl groups excluding tert-OH is 2. The summed E-state index contributed by atoms with van der Waals surface area (Å²) in [5.41, 5.74) is 0. The summed E-state index contributed by atoms with van der Waals surface area (Å²) < 4.78 is 5.89. The Kier molecular flexibility index (Phi) is 47.1. The van der Waals surface area contributed by atoms with Gasteiger partial charge in [-0.1, -0.05) is 230 Å². The van der Waals surface area contributed by atoms with E-state index in [2.05, 4.69) is 74.7 Å². The molecular weight excluding hydrogens is 755 g/mol. The Hall–Kier alpha value is -2.18. The van der Waals surface area contributed by atoms with Crippen molar-refractivity contribution in [2.45, 2.75) is 283 Å². The molecule has 356 valence electrons. The predicted molar refractivity (Wildman–Crippen MR) is 264 cm³/mol. The number of hydrogen-bond acceptors (Lipinski definition) is 5. The number of nitrogens with one attached hydrogen (secondary N) is 1. The van der Waals surface area contributed by atoms with Gasteiger partial charge in [0.2, 0.25) is 5.91 Å². The van der Waals surface area contributed by atoms with Gasteiger partial charge < -0.3 is 20.3 Å². The summed E-state index contributed by atoms with van der Waals surface area (Å²) in [6.45, 7) is 6.43. The van der Waals surface area contributed by atoms with E-state index in [9.17, 15) is 19.8 Å². The molecule has 3 atom stereocenters. The van der Waals surface area contributed by atoms with Crippen molar-refractivity contribution < 1.29 is 24.5 Å². The summed E-state index contributed by atoms with van der Waals surface area (Å²) in [6.07, 6.45) is 59.0. The first-order valence-corrected chi connectivity index (χ1v) is 26.4. The number of aliphatic hydroxyl groups is 2. The van der Waals surface area contributed by atoms with Crippen LogP contribution in [0.2, 0.25) is 0 Å². The van der Waals surface area contributed by atoms with E-state index in [1.165, 1.54) is 135 Å². The maximum Gasteiger partial charge on any atom is 0.306 e. The van der Waals surface area contributed by atoms with Gasteiger partial charge in [-0.05, 0) is 70.6 Å². The molecule has 0 rings (SSSR count). The zero-order valence-corrected chi connectivity index (χ0v) is 40.5. The molecule has 0 bridgehead atoms. The first-order valence-electron chi connectivity index (χ1n) is 26.4. The Bertz CT molecular complexity index is 1050. The Labute approximate surface area is 378 Å². The lowest BCUT2D eigenvalue weighted by atomic mass is 10.0. The van der Waals surface area contributed by atoms with Crippen molar-refractivity contribution in [3.05, 3.63) is 48.6 Å². The molecule has 0 aromatic rings. The van der Waals surface area contributed by atoms with Gasteiger partial charge >= 0.3 is 5.97 Å². The van der Waals surface area contributed by atoms with Crippen LogP contribution in [0.25, 0.3) is 0 Å². The molecule has 0 saturated heterocycles. The lowest BCUT2D eigenvalue weighted by Crippen LogP contribution is -2.46. The minimum absolute atomic E-state index is 0.0654. The third kappa shape index (κ3) is 44.2. The van der Waals surface area contributed by atoms with Crippen LogP contribution in [0, 0.1) is 0 Å². The van der Waals surface area contributed by atoms with Crippen LogP contribution < -0.4 is 5.32 Å². The molecule has 0 radical (unpaired) electrons. The van der Waals surface area contributed by atoms with Gasteiger partial charge in [0.1, 0.15) is 6.10 Å². The second-order valence-electron chi connectivity index (χ2n) is 17.9. The molecule has 0 fully saturated rings. The molecule has 0 saturated carbocycles. The predicted octanol–water partition coefficient (Wildman–Crippen LogP) is 15.8. The molecule has 0 heterocycles. The van der Waals surface area contributed by atoms with Gasteiger partial charge in [-0.25, -0.2) is 0 Å². The smallest absolute Gasteiger partial charge is 0.306 e. The second kappa shape index (κ2) is 48.8. The van der Waals surface area contributed by atoms with Crippen LogP contribution in [-0.2, 0) is 14.3 Å². The quantitative estimate of drug-likeness (QED) is 0.0322. The van der Waals surface area contributed by atoms with Crippen molar-refractivity contribution in [3.8, 4) is 0 Å². The third-order valence-electron chi connectivity index (χ3n) is 11.9. The van der Waals surface area contributed by atoms with E-state index in [1.54, 1.807) is 0 Å². The maximum atomic E-state index is 13.1. The second-order valence-corrected chi connectivity index (χ2v) is 17.9. The van der Waals surface area contributed by atoms with Gasteiger partial charge in [0.15, 0.2) is 0 Å². The fourth-order valence-electron chi connectivity index (χ4n) is 7.88. The molecule has 0 aromatic heterocycles. The number of unbranched alkanes of at least 4 members (excludes halogenated alkanes) is 27. The number of carbonyl (C=O) groups excluding carboxylic acids is 2. The first-order chi connectivity index (χ1) is 30.0. The van der Waals surface area contributed by atoms with Crippen LogP contribution in [-0.4, -0.2) is 46.9 Å². The van der Waals surface area contributed by atoms with Crippen LogP contribution in [0.4, 0.5) is 0 Å². The Balaban J connectivity index is 4.39. The molecule has 0 spiro atoms. The molecule has 6 heteroatoms. The van der Waals surface area contributed by atoms with Crippen LogP contribution in [0.5, 0.6) is 0 Å². The van der Waals surface area contributed by atoms with E-state index in [0.29, 0.717) is 19.3 Å². The summed E-state index contributed by atoms with van der Waals surface area (Å²) in [5.74, 6) is -0.509. The first kappa shape index (κ1) is 58.8. The fraction of sp³-hybridized carbons (Fsp3) is 0.818. The molecule has 0 aliphatic carbocycles. The molecule has 0 aliphatic rings. The van der Waals surface area contributed by atoms with E-state index in [-0.39, 0.29) is 24.9 Å². The highest BCUT2D eigenvalue weighted by Gasteiger charge is 2.24. The number of esters is 1. The number of amides is 1. The SMILES string of the molecule is CCCCC/C=C\C/C=C\C/C=C\C/C=C\CCCCCC(=O)OC(CCCCCCCCC)CC(=O)NC(CO)C(O)CCCCCCCCCCCCCCCCCC. The van der Waals surface area contributed by atoms with E-state index in [4.69, 9.17) is 4.74 Å². The van der Waals surface area contributed by atoms with Gasteiger partial charge in [-0.3, -0.25) is 9.59 Å². The summed E-state index contributed by atoms with van der Waals surface area (Å²) in [5, 5.41) is 23.7. The number of carbonyl (C=O) groups is 2. The third-order valence-corrected chi connectivity index (χ3v) is 11.9. The van der Waals surface area contributed by atoms with Crippen LogP contribution in [0.1, 0.15) is 265 Å². The van der Waals surface area contributed by atoms with Gasteiger partial charge in [-0.15, -0.1) is 0 Å². The lowest BCUT2D eigenvalue weighted by Gasteiger charge is -2.24. The fourth-order valence-corrected chi connectivity index (χ4v) is 7.88. The topological polar surface area (TPSA) is 95.9 Å². The molecule has 6 nitrogen and oxygen atoms in total. The number of hydrogen-bond donors (Lipinski definition) is 3. The number of allylic oxidation sites excluding steroid dienone is 8. The molecule has 1 amide bonds. The van der Waals surface area contributed by atoms with E-state index in [1.807, 2.05) is 0 Å². The Morgan fingerprint density at radius 1 is 0.475 bits per heavy atom. The van der Waals surface area contributed by atoms with Crippen molar-refractivity contribution in [2.75, 3.05) is 6.61 Å². The molecule has 61 heavy (non-hydrogen) atoms. The highest BCUT2D eigenvalue weighted by molar-refractivity contribution is 5.77. The van der Waals surface area contributed by atoms with E-state index in [0.717, 1.165) is 83.5 Å². The van der Waals surface area contributed by atoms with Crippen LogP contribution in [0.3, 0.4) is 0 Å². The summed E-state index contributed by atoms with van der Waals surface area (Å²) in [7, 11) is 0. The number of rotatable bonds is 47. The summed E-state index contributed by atoms with van der Waals surface area (Å²) in [4.78, 5) is 26.0. The Morgan fingerprint density at radius 3 is 1.28 bits per heavy atom. The highest BCUT2D eigenvalue weighted by Crippen LogP contribution is 2.18. The van der Waals surface area contributed by atoms with E-state index < -0.39 is 18.2 Å². The normalized spacial score (nSPS) is 13.6. The lowest BCUT2D eigenvalue weighted by molar-refractivity contribution is -0.151. The van der Waals surface area contributed by atoms with Crippen LogP contribution in [0.15, 0.2) is 48.6 Å². The van der Waals surface area contributed by atoms with Gasteiger partial charge in [-0.2, -0.15) is 0 Å². The Morgan fingerprint density at radius 2 is 0.836 bits per heavy atom. The molecule has 0 aromatic carbocycles. The number of ether oxygens (including phenoxy) is 1. The minimum atomic E-state index is -0.791. The summed E-state index contributed by atoms with van der Waals surface area (Å²) >= 11 is 0. The monoisotopic (exact) mass is 856 g/mol. The molecule has 3 unspecified atom stereocenters. The zero-order valence-electron chi connectivity index (χ0n) is 40.5. The van der Waals surface area contributed by atoms with E-state index >= 15 is 0 Å². The van der Waals surface area contributed by atoms with Crippen molar-refractivity contribution in [1.82, 2.24) is 5.32 Å². The molecule has 3 N–H and O–H groups in total. The average Bonchev–Trinajstić information content (AvgIpc) is 3.25. The van der Waals surface area contributed by atoms with Crippen molar-refractivity contribution in [3.63, 3.8) is 0 Å². The van der Waals surface area contributed by atoms with Crippen molar-refractivity contribution in [2.24, 2.45) is 0 Å². The minimum Gasteiger partial charge on any atom is -0.462 e. The molecular formula is C55H101NO5. The largest absolute Gasteiger partial charge is 0.462 e. The van der Waals surface area contributed by atoms with Crippen LogP contribution >= 0.6 is 0 Å². The summed E-state index contributed by atoms with van der Waals surface area (Å²) in [6, 6.07) is -0.705. The van der Waals surface area contributed by atoms with Gasteiger partial charge in [0, 0.05) is 6.42 Å². The highest BCUT2D eigenvalue weighted by atomic mass is 16.5. The molecule has 0 aliphatic heterocycles. The van der Waals surface area contributed by atoms with Crippen molar-refractivity contribution in [1.29, 1.82) is 0 Å². The van der Waals surface area contributed by atoms with Gasteiger partial charge in [0.25, 0.3) is 0 Å². The maximum absolute atomic E-state index is 13.1. The zero-order chi connectivity index (χ0) is 44.5.